The maximum absolute atomic E-state index is 12.0. The standard InChI is InChI=1S/C18H14N4O3S/c1-24-18-20-16(15-5-3-11-26-15)22(21-18)13-8-6-12(7-9-13)19-17(23)14-4-2-10-25-14/h2-11H,1H3,(H,19,23). The molecule has 3 heterocycles. The summed E-state index contributed by atoms with van der Waals surface area (Å²) in [6.45, 7) is 0. The van der Waals surface area contributed by atoms with Gasteiger partial charge < -0.3 is 14.5 Å². The average molecular weight is 366 g/mol. The number of hydrogen-bond donors (Lipinski definition) is 1. The first-order chi connectivity index (χ1) is 12.7. The van der Waals surface area contributed by atoms with Gasteiger partial charge in [-0.15, -0.1) is 16.4 Å². The number of ether oxygens (including phenoxy) is 1. The lowest BCUT2D eigenvalue weighted by atomic mass is 10.2. The second kappa shape index (κ2) is 6.85. The zero-order valence-electron chi connectivity index (χ0n) is 13.7. The smallest absolute Gasteiger partial charge is 0.336 e. The molecule has 0 spiro atoms. The van der Waals surface area contributed by atoms with Crippen LogP contribution < -0.4 is 10.1 Å². The first-order valence-electron chi connectivity index (χ1n) is 7.75. The van der Waals surface area contributed by atoms with Crippen molar-refractivity contribution in [3.63, 3.8) is 0 Å². The van der Waals surface area contributed by atoms with Crippen LogP contribution in [0.1, 0.15) is 10.6 Å². The number of anilines is 1. The van der Waals surface area contributed by atoms with Gasteiger partial charge in [-0.1, -0.05) is 6.07 Å². The Morgan fingerprint density at radius 3 is 2.69 bits per heavy atom. The van der Waals surface area contributed by atoms with Crippen LogP contribution in [0.25, 0.3) is 16.4 Å². The highest BCUT2D eigenvalue weighted by atomic mass is 32.1. The number of nitrogens with one attached hydrogen (secondary N) is 1. The SMILES string of the molecule is COc1nc(-c2cccs2)n(-c2ccc(NC(=O)c3ccco3)cc2)n1. The van der Waals surface area contributed by atoms with Crippen molar-refractivity contribution in [1.29, 1.82) is 0 Å². The number of amides is 1. The summed E-state index contributed by atoms with van der Waals surface area (Å²) in [6, 6.07) is 14.8. The Kier molecular flexibility index (Phi) is 4.24. The van der Waals surface area contributed by atoms with Crippen molar-refractivity contribution in [3.05, 3.63) is 65.9 Å². The van der Waals surface area contributed by atoms with Crippen molar-refractivity contribution < 1.29 is 13.9 Å². The van der Waals surface area contributed by atoms with Crippen molar-refractivity contribution >= 4 is 22.9 Å². The molecule has 1 aromatic carbocycles. The predicted molar refractivity (Wildman–Crippen MR) is 97.9 cm³/mol. The third-order valence-corrected chi connectivity index (χ3v) is 4.49. The van der Waals surface area contributed by atoms with Gasteiger partial charge in [-0.2, -0.15) is 4.98 Å². The first kappa shape index (κ1) is 16.1. The molecule has 0 aliphatic heterocycles. The zero-order chi connectivity index (χ0) is 17.9. The van der Waals surface area contributed by atoms with Crippen molar-refractivity contribution in [2.75, 3.05) is 12.4 Å². The van der Waals surface area contributed by atoms with Gasteiger partial charge in [0.15, 0.2) is 11.6 Å². The van der Waals surface area contributed by atoms with E-state index in [4.69, 9.17) is 9.15 Å². The normalized spacial score (nSPS) is 10.7. The van der Waals surface area contributed by atoms with Crippen LogP contribution in [0, 0.1) is 0 Å². The van der Waals surface area contributed by atoms with Gasteiger partial charge in [0, 0.05) is 5.69 Å². The number of aromatic nitrogens is 3. The third-order valence-electron chi connectivity index (χ3n) is 3.63. The number of furan rings is 1. The second-order valence-electron chi connectivity index (χ2n) is 5.29. The van der Waals surface area contributed by atoms with E-state index in [0.717, 1.165) is 10.6 Å². The van der Waals surface area contributed by atoms with Crippen LogP contribution in [-0.2, 0) is 0 Å². The van der Waals surface area contributed by atoms with E-state index in [9.17, 15) is 4.79 Å². The number of thiophene rings is 1. The number of rotatable bonds is 5. The molecule has 0 saturated carbocycles. The van der Waals surface area contributed by atoms with E-state index in [0.29, 0.717) is 17.5 Å². The van der Waals surface area contributed by atoms with Crippen LogP contribution in [0.3, 0.4) is 0 Å². The largest absolute Gasteiger partial charge is 0.466 e. The summed E-state index contributed by atoms with van der Waals surface area (Å²) in [5.41, 5.74) is 1.46. The summed E-state index contributed by atoms with van der Waals surface area (Å²) >= 11 is 1.57. The molecule has 0 radical (unpaired) electrons. The molecule has 0 bridgehead atoms. The van der Waals surface area contributed by atoms with Gasteiger partial charge in [-0.3, -0.25) is 4.79 Å². The number of hydrogen-bond acceptors (Lipinski definition) is 6. The van der Waals surface area contributed by atoms with Crippen molar-refractivity contribution in [2.45, 2.75) is 0 Å². The molecule has 0 aliphatic rings. The van der Waals surface area contributed by atoms with Gasteiger partial charge in [0.25, 0.3) is 5.91 Å². The summed E-state index contributed by atoms with van der Waals surface area (Å²) in [6.07, 6.45) is 1.46. The Bertz CT molecular complexity index is 1010. The lowest BCUT2D eigenvalue weighted by molar-refractivity contribution is 0.0996. The molecule has 26 heavy (non-hydrogen) atoms. The van der Waals surface area contributed by atoms with Crippen molar-refractivity contribution in [3.8, 4) is 22.4 Å². The Balaban J connectivity index is 1.61. The van der Waals surface area contributed by atoms with E-state index in [1.807, 2.05) is 29.6 Å². The molecule has 130 valence electrons. The predicted octanol–water partition coefficient (Wildman–Crippen LogP) is 3.85. The lowest BCUT2D eigenvalue weighted by Gasteiger charge is -2.07. The van der Waals surface area contributed by atoms with E-state index in [2.05, 4.69) is 15.4 Å². The van der Waals surface area contributed by atoms with Gasteiger partial charge in [-0.25, -0.2) is 4.68 Å². The van der Waals surface area contributed by atoms with Gasteiger partial charge in [0.05, 0.1) is 23.9 Å². The molecular formula is C18H14N4O3S. The molecule has 4 aromatic rings. The van der Waals surface area contributed by atoms with E-state index in [1.165, 1.54) is 13.4 Å². The van der Waals surface area contributed by atoms with Crippen LogP contribution >= 0.6 is 11.3 Å². The average Bonchev–Trinajstić information content (AvgIpc) is 3.42. The maximum atomic E-state index is 12.0. The van der Waals surface area contributed by atoms with Crippen molar-refractivity contribution in [2.24, 2.45) is 0 Å². The molecule has 8 heteroatoms. The second-order valence-corrected chi connectivity index (χ2v) is 6.24. The van der Waals surface area contributed by atoms with Gasteiger partial charge >= 0.3 is 6.01 Å². The molecule has 1 N–H and O–H groups in total. The number of carbonyl (C=O) groups excluding carboxylic acids is 1. The molecular weight excluding hydrogens is 352 g/mol. The number of carbonyl (C=O) groups is 1. The Labute approximate surface area is 152 Å². The fourth-order valence-electron chi connectivity index (χ4n) is 2.41. The summed E-state index contributed by atoms with van der Waals surface area (Å²) in [7, 11) is 1.53. The molecule has 0 fully saturated rings. The molecule has 0 atom stereocenters. The number of benzene rings is 1. The van der Waals surface area contributed by atoms with Gasteiger partial charge in [-0.05, 0) is 47.8 Å². The van der Waals surface area contributed by atoms with Gasteiger partial charge in [0.1, 0.15) is 0 Å². The number of methoxy groups -OCH3 is 1. The van der Waals surface area contributed by atoms with E-state index in [1.54, 1.807) is 40.3 Å². The fraction of sp³-hybridized carbons (Fsp3) is 0.0556. The summed E-state index contributed by atoms with van der Waals surface area (Å²) in [4.78, 5) is 17.4. The minimum absolute atomic E-state index is 0.259. The molecule has 1 amide bonds. The van der Waals surface area contributed by atoms with E-state index >= 15 is 0 Å². The molecule has 0 unspecified atom stereocenters. The molecule has 0 saturated heterocycles. The summed E-state index contributed by atoms with van der Waals surface area (Å²) < 4.78 is 12.0. The Hall–Kier alpha value is -3.39. The number of nitrogens with zero attached hydrogens (tertiary/aromatic N) is 3. The Morgan fingerprint density at radius 1 is 1.19 bits per heavy atom. The molecule has 0 aliphatic carbocycles. The monoisotopic (exact) mass is 366 g/mol. The zero-order valence-corrected chi connectivity index (χ0v) is 14.6. The molecule has 7 nitrogen and oxygen atoms in total. The topological polar surface area (TPSA) is 82.2 Å². The fourth-order valence-corrected chi connectivity index (χ4v) is 3.11. The van der Waals surface area contributed by atoms with Crippen molar-refractivity contribution in [1.82, 2.24) is 14.8 Å². The van der Waals surface area contributed by atoms with Crippen LogP contribution in [0.4, 0.5) is 5.69 Å². The van der Waals surface area contributed by atoms with E-state index in [-0.39, 0.29) is 11.7 Å². The quantitative estimate of drug-likeness (QED) is 0.580. The van der Waals surface area contributed by atoms with Crippen LogP contribution in [0.5, 0.6) is 6.01 Å². The van der Waals surface area contributed by atoms with E-state index < -0.39 is 0 Å². The third kappa shape index (κ3) is 3.09. The summed E-state index contributed by atoms with van der Waals surface area (Å²) in [5, 5.41) is 9.13. The molecule has 4 rings (SSSR count). The highest BCUT2D eigenvalue weighted by Gasteiger charge is 2.15. The highest BCUT2D eigenvalue weighted by molar-refractivity contribution is 7.13. The minimum atomic E-state index is -0.301. The maximum Gasteiger partial charge on any atom is 0.336 e. The molecule has 3 aromatic heterocycles. The van der Waals surface area contributed by atoms with Gasteiger partial charge in [0.2, 0.25) is 0 Å². The summed E-state index contributed by atoms with van der Waals surface area (Å²) in [5.74, 6) is 0.656. The highest BCUT2D eigenvalue weighted by Crippen LogP contribution is 2.27. The van der Waals surface area contributed by atoms with Crippen LogP contribution in [-0.4, -0.2) is 27.8 Å². The minimum Gasteiger partial charge on any atom is -0.466 e. The van der Waals surface area contributed by atoms with Crippen LogP contribution in [0.15, 0.2) is 64.6 Å². The first-order valence-corrected chi connectivity index (χ1v) is 8.63. The lowest BCUT2D eigenvalue weighted by Crippen LogP contribution is -2.10. The van der Waals surface area contributed by atoms with Crippen LogP contribution in [0.2, 0.25) is 0 Å². The Morgan fingerprint density at radius 2 is 2.04 bits per heavy atom.